The van der Waals surface area contributed by atoms with Crippen molar-refractivity contribution in [3.05, 3.63) is 17.8 Å². The number of amidine groups is 1. The average molecular weight is 300 g/mol. The molecule has 0 fully saturated rings. The van der Waals surface area contributed by atoms with Gasteiger partial charge in [-0.3, -0.25) is 0 Å². The molecule has 118 valence electrons. The summed E-state index contributed by atoms with van der Waals surface area (Å²) < 4.78 is 20.8. The molecular weight excluding hydrogens is 280 g/mol. The summed E-state index contributed by atoms with van der Waals surface area (Å²) in [7, 11) is 1.62. The maximum atomic E-state index is 8.65. The van der Waals surface area contributed by atoms with Crippen LogP contribution >= 0.6 is 0 Å². The zero-order valence-electron chi connectivity index (χ0n) is 11.9. The van der Waals surface area contributed by atoms with Crippen molar-refractivity contribution in [1.29, 1.82) is 0 Å². The monoisotopic (exact) mass is 300 g/mol. The lowest BCUT2D eigenvalue weighted by Gasteiger charge is -2.09. The zero-order chi connectivity index (χ0) is 15.3. The molecule has 1 aromatic rings. The van der Waals surface area contributed by atoms with E-state index in [2.05, 4.69) is 15.4 Å². The highest BCUT2D eigenvalue weighted by Crippen LogP contribution is 2.12. The molecule has 0 radical (unpaired) electrons. The van der Waals surface area contributed by atoms with Crippen LogP contribution in [0.25, 0.3) is 0 Å². The summed E-state index contributed by atoms with van der Waals surface area (Å²) in [5.74, 6) is 0.0973. The first kappa shape index (κ1) is 17.1. The van der Waals surface area contributed by atoms with Gasteiger partial charge in [0.2, 0.25) is 5.88 Å². The van der Waals surface area contributed by atoms with Crippen LogP contribution in [0, 0.1) is 0 Å². The number of nitrogens with zero attached hydrogens (tertiary/aromatic N) is 3. The lowest BCUT2D eigenvalue weighted by molar-refractivity contribution is 0.0176. The lowest BCUT2D eigenvalue weighted by Crippen LogP contribution is -2.18. The van der Waals surface area contributed by atoms with Gasteiger partial charge < -0.3 is 29.9 Å². The molecule has 0 aliphatic carbocycles. The molecule has 0 saturated carbocycles. The van der Waals surface area contributed by atoms with Crippen molar-refractivity contribution in [2.75, 3.05) is 46.8 Å². The maximum Gasteiger partial charge on any atom is 0.244 e. The molecule has 0 unspecified atom stereocenters. The van der Waals surface area contributed by atoms with E-state index in [4.69, 9.17) is 29.9 Å². The molecule has 1 heterocycles. The van der Waals surface area contributed by atoms with E-state index < -0.39 is 0 Å². The van der Waals surface area contributed by atoms with Crippen molar-refractivity contribution in [1.82, 2.24) is 10.2 Å². The Labute approximate surface area is 122 Å². The van der Waals surface area contributed by atoms with Gasteiger partial charge in [0, 0.05) is 7.11 Å². The Bertz CT molecular complexity index is 430. The molecule has 9 heteroatoms. The van der Waals surface area contributed by atoms with Crippen LogP contribution in [0.15, 0.2) is 17.4 Å². The number of nitrogens with two attached hydrogens (primary N) is 1. The summed E-state index contributed by atoms with van der Waals surface area (Å²) in [6.45, 7) is 2.68. The SMILES string of the molecule is COCCOCCOCCOc1nnccc1/C(N)=N/O. The smallest absolute Gasteiger partial charge is 0.244 e. The van der Waals surface area contributed by atoms with Gasteiger partial charge >= 0.3 is 0 Å². The van der Waals surface area contributed by atoms with Crippen LogP contribution in [0.4, 0.5) is 0 Å². The molecular formula is C12H20N4O5. The molecule has 1 rings (SSSR count). The molecule has 0 amide bonds. The topological polar surface area (TPSA) is 121 Å². The van der Waals surface area contributed by atoms with E-state index in [1.165, 1.54) is 6.20 Å². The van der Waals surface area contributed by atoms with E-state index in [0.717, 1.165) is 0 Å². The van der Waals surface area contributed by atoms with Gasteiger partial charge in [-0.15, -0.1) is 5.10 Å². The Balaban J connectivity index is 2.19. The molecule has 3 N–H and O–H groups in total. The normalized spacial score (nSPS) is 11.6. The third kappa shape index (κ3) is 6.84. The lowest BCUT2D eigenvalue weighted by atomic mass is 10.3. The molecule has 0 atom stereocenters. The van der Waals surface area contributed by atoms with Crippen LogP contribution in [0.1, 0.15) is 5.56 Å². The third-order valence-electron chi connectivity index (χ3n) is 2.34. The van der Waals surface area contributed by atoms with Crippen LogP contribution in [-0.2, 0) is 14.2 Å². The highest BCUT2D eigenvalue weighted by molar-refractivity contribution is 5.98. The minimum Gasteiger partial charge on any atom is -0.474 e. The first-order valence-corrected chi connectivity index (χ1v) is 6.36. The van der Waals surface area contributed by atoms with Gasteiger partial charge in [0.1, 0.15) is 6.61 Å². The predicted octanol–water partition coefficient (Wildman–Crippen LogP) is -0.370. The number of ether oxygens (including phenoxy) is 4. The van der Waals surface area contributed by atoms with Crippen molar-refractivity contribution in [3.8, 4) is 5.88 Å². The van der Waals surface area contributed by atoms with E-state index in [0.29, 0.717) is 38.6 Å². The molecule has 9 nitrogen and oxygen atoms in total. The van der Waals surface area contributed by atoms with Crippen LogP contribution in [0.3, 0.4) is 0 Å². The largest absolute Gasteiger partial charge is 0.474 e. The van der Waals surface area contributed by atoms with E-state index in [1.54, 1.807) is 13.2 Å². The first-order chi connectivity index (χ1) is 10.3. The van der Waals surface area contributed by atoms with Gasteiger partial charge in [0.15, 0.2) is 5.84 Å². The second-order valence-corrected chi connectivity index (χ2v) is 3.80. The van der Waals surface area contributed by atoms with Crippen LogP contribution in [-0.4, -0.2) is 68.0 Å². The van der Waals surface area contributed by atoms with Crippen molar-refractivity contribution >= 4 is 5.84 Å². The number of hydrogen-bond donors (Lipinski definition) is 2. The second-order valence-electron chi connectivity index (χ2n) is 3.80. The van der Waals surface area contributed by atoms with Gasteiger partial charge in [0.05, 0.1) is 44.8 Å². The molecule has 21 heavy (non-hydrogen) atoms. The Morgan fingerprint density at radius 3 is 2.52 bits per heavy atom. The summed E-state index contributed by atoms with van der Waals surface area (Å²) in [4.78, 5) is 0. The summed E-state index contributed by atoms with van der Waals surface area (Å²) in [5, 5.41) is 19.0. The number of hydrogen-bond acceptors (Lipinski definition) is 8. The number of oxime groups is 1. The number of aromatic nitrogens is 2. The van der Waals surface area contributed by atoms with Crippen LogP contribution < -0.4 is 10.5 Å². The summed E-state index contributed by atoms with van der Waals surface area (Å²) in [6.07, 6.45) is 1.42. The van der Waals surface area contributed by atoms with Crippen LogP contribution in [0.5, 0.6) is 5.88 Å². The standard InChI is InChI=1S/C12H20N4O5/c1-18-4-5-19-6-7-20-8-9-21-12-10(11(13)16-17)2-3-14-15-12/h2-3,17H,4-9H2,1H3,(H2,13,16). The Hall–Kier alpha value is -1.97. The zero-order valence-corrected chi connectivity index (χ0v) is 11.9. The van der Waals surface area contributed by atoms with E-state index in [9.17, 15) is 0 Å². The van der Waals surface area contributed by atoms with Crippen molar-refractivity contribution < 1.29 is 24.2 Å². The second kappa shape index (κ2) is 10.8. The maximum absolute atomic E-state index is 8.65. The van der Waals surface area contributed by atoms with Crippen LogP contribution in [0.2, 0.25) is 0 Å². The summed E-state index contributed by atoms with van der Waals surface area (Å²) >= 11 is 0. The van der Waals surface area contributed by atoms with Crippen molar-refractivity contribution in [3.63, 3.8) is 0 Å². The molecule has 1 aromatic heterocycles. The predicted molar refractivity (Wildman–Crippen MR) is 73.6 cm³/mol. The highest BCUT2D eigenvalue weighted by atomic mass is 16.6. The molecule has 0 aliphatic heterocycles. The van der Waals surface area contributed by atoms with Gasteiger partial charge in [-0.25, -0.2) is 0 Å². The molecule has 0 aromatic carbocycles. The van der Waals surface area contributed by atoms with Crippen molar-refractivity contribution in [2.45, 2.75) is 0 Å². The van der Waals surface area contributed by atoms with E-state index in [1.807, 2.05) is 0 Å². The van der Waals surface area contributed by atoms with Crippen molar-refractivity contribution in [2.24, 2.45) is 10.9 Å². The quantitative estimate of drug-likeness (QED) is 0.187. The Morgan fingerprint density at radius 1 is 1.19 bits per heavy atom. The highest BCUT2D eigenvalue weighted by Gasteiger charge is 2.09. The van der Waals surface area contributed by atoms with Gasteiger partial charge in [-0.05, 0) is 6.07 Å². The number of methoxy groups -OCH3 is 1. The Morgan fingerprint density at radius 2 is 1.86 bits per heavy atom. The summed E-state index contributed by atoms with van der Waals surface area (Å²) in [6, 6.07) is 1.54. The minimum atomic E-state index is -0.0904. The third-order valence-corrected chi connectivity index (χ3v) is 2.34. The average Bonchev–Trinajstić information content (AvgIpc) is 2.53. The first-order valence-electron chi connectivity index (χ1n) is 6.36. The fourth-order valence-electron chi connectivity index (χ4n) is 1.34. The molecule has 0 bridgehead atoms. The van der Waals surface area contributed by atoms with Gasteiger partial charge in [0.25, 0.3) is 0 Å². The fourth-order valence-corrected chi connectivity index (χ4v) is 1.34. The summed E-state index contributed by atoms with van der Waals surface area (Å²) in [5.41, 5.74) is 5.87. The van der Waals surface area contributed by atoms with Gasteiger partial charge in [-0.2, -0.15) is 5.10 Å². The van der Waals surface area contributed by atoms with E-state index in [-0.39, 0.29) is 18.3 Å². The molecule has 0 spiro atoms. The molecule has 0 aliphatic rings. The molecule has 0 saturated heterocycles. The van der Waals surface area contributed by atoms with Gasteiger partial charge in [-0.1, -0.05) is 5.16 Å². The Kier molecular flexibility index (Phi) is 8.76. The number of rotatable bonds is 11. The van der Waals surface area contributed by atoms with E-state index >= 15 is 0 Å². The fraction of sp³-hybridized carbons (Fsp3) is 0.583. The minimum absolute atomic E-state index is 0.0904.